The van der Waals surface area contributed by atoms with E-state index < -0.39 is 5.92 Å². The lowest BCUT2D eigenvalue weighted by Gasteiger charge is -2.44. The van der Waals surface area contributed by atoms with Crippen molar-refractivity contribution in [2.45, 2.75) is 58.0 Å². The Hall–Kier alpha value is -3.17. The number of benzene rings is 3. The Kier molecular flexibility index (Phi) is 8.30. The fourth-order valence-corrected chi connectivity index (χ4v) is 7.61. The van der Waals surface area contributed by atoms with Crippen LogP contribution >= 0.6 is 35.0 Å². The number of hydrogen-bond acceptors (Lipinski definition) is 5. The second kappa shape index (κ2) is 11.6. The minimum Gasteiger partial charge on any atom is -0.384 e. The van der Waals surface area contributed by atoms with Crippen LogP contribution in [0.15, 0.2) is 83.3 Å². The molecular formula is C34H33Cl2N3OS. The maximum atomic E-state index is 14.0. The molecular weight excluding hydrogens is 569 g/mol. The zero-order valence-corrected chi connectivity index (χ0v) is 26.1. The molecule has 0 saturated carbocycles. The van der Waals surface area contributed by atoms with Crippen molar-refractivity contribution in [1.82, 2.24) is 0 Å². The molecule has 2 aliphatic rings. The van der Waals surface area contributed by atoms with Crippen molar-refractivity contribution in [1.29, 1.82) is 5.26 Å². The highest BCUT2D eigenvalue weighted by molar-refractivity contribution is 7.97. The predicted octanol–water partition coefficient (Wildman–Crippen LogP) is 8.98. The summed E-state index contributed by atoms with van der Waals surface area (Å²) >= 11 is 14.6. The van der Waals surface area contributed by atoms with Gasteiger partial charge in [0.2, 0.25) is 0 Å². The number of halogens is 2. The molecule has 0 fully saturated rings. The molecule has 1 heterocycles. The van der Waals surface area contributed by atoms with Crippen molar-refractivity contribution < 1.29 is 4.79 Å². The van der Waals surface area contributed by atoms with Crippen LogP contribution in [0.5, 0.6) is 0 Å². The molecule has 0 amide bonds. The summed E-state index contributed by atoms with van der Waals surface area (Å²) in [7, 11) is 0. The Morgan fingerprint density at radius 3 is 2.37 bits per heavy atom. The summed E-state index contributed by atoms with van der Waals surface area (Å²) in [6, 6.07) is 22.3. The molecule has 1 unspecified atom stereocenters. The lowest BCUT2D eigenvalue weighted by Crippen LogP contribution is -2.42. The molecule has 2 N–H and O–H groups in total. The van der Waals surface area contributed by atoms with Gasteiger partial charge in [0.05, 0.1) is 23.2 Å². The Bertz CT molecular complexity index is 1620. The van der Waals surface area contributed by atoms with E-state index in [0.717, 1.165) is 33.9 Å². The molecule has 0 saturated heterocycles. The fourth-order valence-electron chi connectivity index (χ4n) is 6.05. The highest BCUT2D eigenvalue weighted by atomic mass is 35.5. The molecule has 0 spiro atoms. The van der Waals surface area contributed by atoms with Crippen molar-refractivity contribution in [2.24, 2.45) is 11.1 Å². The van der Waals surface area contributed by atoms with Gasteiger partial charge in [-0.2, -0.15) is 17.0 Å². The summed E-state index contributed by atoms with van der Waals surface area (Å²) in [6.07, 6.45) is 1.02. The molecule has 7 heteroatoms. The molecule has 1 aliphatic heterocycles. The number of allylic oxidation sites excluding steroid dienone is 3. The van der Waals surface area contributed by atoms with Crippen LogP contribution in [-0.2, 0) is 16.3 Å². The number of nitrogens with two attached hydrogens (primary N) is 1. The van der Waals surface area contributed by atoms with E-state index in [1.165, 1.54) is 11.1 Å². The van der Waals surface area contributed by atoms with Gasteiger partial charge in [-0.3, -0.25) is 9.69 Å². The molecule has 5 rings (SSSR count). The van der Waals surface area contributed by atoms with Gasteiger partial charge in [0, 0.05) is 39.2 Å². The van der Waals surface area contributed by atoms with Gasteiger partial charge in [-0.25, -0.2) is 0 Å². The van der Waals surface area contributed by atoms with Gasteiger partial charge in [-0.1, -0.05) is 85.1 Å². The number of Topliss-reactive ketones (excluding diaryl/α,β-unsaturated/α-hetero) is 1. The number of rotatable bonds is 6. The van der Waals surface area contributed by atoms with Crippen LogP contribution in [0.3, 0.4) is 0 Å². The van der Waals surface area contributed by atoms with Gasteiger partial charge in [0.25, 0.3) is 0 Å². The number of carbonyl (C=O) groups excluding carboxylic acids is 1. The highest BCUT2D eigenvalue weighted by Gasteiger charge is 2.45. The number of aryl methyl sites for hydroxylation is 1. The molecule has 0 aromatic heterocycles. The highest BCUT2D eigenvalue weighted by Crippen LogP contribution is 2.51. The van der Waals surface area contributed by atoms with E-state index in [9.17, 15) is 10.1 Å². The SMILES string of the molecule is Cc1cc(CSCc2ccccc2)c(C)c(C2C(C#N)=C(N)N(c3cc(Cl)cc(Cl)c3)C3=C2C(=O)CC(C)(C)C3)c1. The fraction of sp³-hybridized carbons (Fsp3) is 0.294. The van der Waals surface area contributed by atoms with Crippen LogP contribution < -0.4 is 10.6 Å². The summed E-state index contributed by atoms with van der Waals surface area (Å²) in [5, 5.41) is 11.4. The first-order valence-electron chi connectivity index (χ1n) is 13.6. The van der Waals surface area contributed by atoms with E-state index in [1.54, 1.807) is 18.2 Å². The summed E-state index contributed by atoms with van der Waals surface area (Å²) in [5.74, 6) is 1.54. The van der Waals surface area contributed by atoms with E-state index in [1.807, 2.05) is 22.7 Å². The van der Waals surface area contributed by atoms with Crippen LogP contribution in [0.4, 0.5) is 5.69 Å². The zero-order chi connectivity index (χ0) is 29.5. The average Bonchev–Trinajstić information content (AvgIpc) is 2.89. The molecule has 4 nitrogen and oxygen atoms in total. The monoisotopic (exact) mass is 601 g/mol. The first-order valence-corrected chi connectivity index (χ1v) is 15.5. The van der Waals surface area contributed by atoms with E-state index in [4.69, 9.17) is 28.9 Å². The quantitative estimate of drug-likeness (QED) is 0.305. The Morgan fingerprint density at radius 1 is 1.02 bits per heavy atom. The third kappa shape index (κ3) is 5.93. The summed E-state index contributed by atoms with van der Waals surface area (Å²) in [6.45, 7) is 8.34. The van der Waals surface area contributed by atoms with Crippen molar-refractivity contribution >= 4 is 46.4 Å². The predicted molar refractivity (Wildman–Crippen MR) is 171 cm³/mol. The minimum atomic E-state index is -0.540. The summed E-state index contributed by atoms with van der Waals surface area (Å²) in [4.78, 5) is 15.8. The van der Waals surface area contributed by atoms with Gasteiger partial charge < -0.3 is 5.73 Å². The van der Waals surface area contributed by atoms with Gasteiger partial charge in [0.1, 0.15) is 5.82 Å². The number of nitrogens with zero attached hydrogens (tertiary/aromatic N) is 2. The second-order valence-corrected chi connectivity index (χ2v) is 13.6. The van der Waals surface area contributed by atoms with E-state index in [-0.39, 0.29) is 11.2 Å². The lowest BCUT2D eigenvalue weighted by molar-refractivity contribution is -0.118. The molecule has 210 valence electrons. The zero-order valence-electron chi connectivity index (χ0n) is 23.7. The number of carbonyl (C=O) groups is 1. The Labute approximate surface area is 256 Å². The Balaban J connectivity index is 1.64. The summed E-state index contributed by atoms with van der Waals surface area (Å²) < 4.78 is 0. The number of nitriles is 1. The molecule has 1 aliphatic carbocycles. The van der Waals surface area contributed by atoms with Gasteiger partial charge in [-0.15, -0.1) is 0 Å². The van der Waals surface area contributed by atoms with Gasteiger partial charge in [0.15, 0.2) is 5.78 Å². The van der Waals surface area contributed by atoms with Gasteiger partial charge in [-0.05, 0) is 66.1 Å². The summed E-state index contributed by atoms with van der Waals surface area (Å²) in [5.41, 5.74) is 14.7. The second-order valence-electron chi connectivity index (χ2n) is 11.7. The molecule has 41 heavy (non-hydrogen) atoms. The van der Waals surface area contributed by atoms with E-state index >= 15 is 0 Å². The van der Waals surface area contributed by atoms with Crippen LogP contribution in [0, 0.1) is 30.6 Å². The van der Waals surface area contributed by atoms with Gasteiger partial charge >= 0.3 is 0 Å². The molecule has 3 aromatic rings. The largest absolute Gasteiger partial charge is 0.384 e. The maximum Gasteiger partial charge on any atom is 0.162 e. The average molecular weight is 603 g/mol. The molecule has 3 aromatic carbocycles. The number of anilines is 1. The van der Waals surface area contributed by atoms with Crippen molar-refractivity contribution in [3.05, 3.63) is 121 Å². The third-order valence-electron chi connectivity index (χ3n) is 7.87. The molecule has 0 bridgehead atoms. The standard InChI is InChI=1S/C34H33Cl2N3OS/c1-20-10-23(19-41-18-22-8-6-5-7-9-22)21(2)27(11-20)31-28(17-37)33(38)39(26-13-24(35)12-25(36)14-26)29-15-34(3,4)16-30(40)32(29)31/h5-14,31H,15-16,18-19,38H2,1-4H3. The first kappa shape index (κ1) is 29.3. The van der Waals surface area contributed by atoms with Crippen molar-refractivity contribution in [3.63, 3.8) is 0 Å². The Morgan fingerprint density at radius 2 is 1.71 bits per heavy atom. The molecule has 0 radical (unpaired) electrons. The topological polar surface area (TPSA) is 70.1 Å². The lowest BCUT2D eigenvalue weighted by atomic mass is 9.68. The van der Waals surface area contributed by atoms with Crippen LogP contribution in [0.1, 0.15) is 60.4 Å². The number of ketones is 1. The molecule has 1 atom stereocenters. The smallest absolute Gasteiger partial charge is 0.162 e. The minimum absolute atomic E-state index is 0.0422. The maximum absolute atomic E-state index is 14.0. The number of thioether (sulfide) groups is 1. The first-order chi connectivity index (χ1) is 19.5. The van der Waals surface area contributed by atoms with Crippen molar-refractivity contribution in [3.8, 4) is 6.07 Å². The van der Waals surface area contributed by atoms with Crippen LogP contribution in [-0.4, -0.2) is 5.78 Å². The third-order valence-corrected chi connectivity index (χ3v) is 9.36. The normalized spacial score (nSPS) is 18.4. The number of hydrogen-bond donors (Lipinski definition) is 1. The van der Waals surface area contributed by atoms with Crippen LogP contribution in [0.2, 0.25) is 10.0 Å². The van der Waals surface area contributed by atoms with Crippen LogP contribution in [0.25, 0.3) is 0 Å². The van der Waals surface area contributed by atoms with E-state index in [2.05, 4.69) is 70.2 Å². The van der Waals surface area contributed by atoms with Crippen molar-refractivity contribution in [2.75, 3.05) is 4.90 Å². The van der Waals surface area contributed by atoms with E-state index in [0.29, 0.717) is 45.5 Å².